The number of carbonyl (C=O) groups excluding carboxylic acids is 1. The lowest BCUT2D eigenvalue weighted by Gasteiger charge is -2.20. The number of carbonyl (C=O) groups is 1. The van der Waals surface area contributed by atoms with Crippen LogP contribution in [0.2, 0.25) is 5.02 Å². The molecule has 0 radical (unpaired) electrons. The number of hydrogen-bond donors (Lipinski definition) is 0. The van der Waals surface area contributed by atoms with Crippen molar-refractivity contribution in [1.82, 2.24) is 0 Å². The van der Waals surface area contributed by atoms with Gasteiger partial charge in [-0.3, -0.25) is 4.79 Å². The fourth-order valence-electron chi connectivity index (χ4n) is 1.68. The van der Waals surface area contributed by atoms with Crippen molar-refractivity contribution in [2.75, 3.05) is 13.2 Å². The van der Waals surface area contributed by atoms with Gasteiger partial charge in [0.1, 0.15) is 5.75 Å². The Morgan fingerprint density at radius 3 is 2.76 bits per heavy atom. The van der Waals surface area contributed by atoms with Crippen molar-refractivity contribution in [2.24, 2.45) is 5.92 Å². The van der Waals surface area contributed by atoms with Crippen molar-refractivity contribution in [3.05, 3.63) is 27.7 Å². The summed E-state index contributed by atoms with van der Waals surface area (Å²) in [5, 5.41) is 0.600. The third-order valence-corrected chi connectivity index (χ3v) is 3.51. The fourth-order valence-corrected chi connectivity index (χ4v) is 2.45. The molecule has 1 heterocycles. The predicted octanol–water partition coefficient (Wildman–Crippen LogP) is 3.43. The second-order valence-electron chi connectivity index (χ2n) is 3.88. The first kappa shape index (κ1) is 12.9. The first-order chi connectivity index (χ1) is 8.16. The van der Waals surface area contributed by atoms with Crippen LogP contribution in [0.1, 0.15) is 12.8 Å². The molecule has 0 saturated carbocycles. The van der Waals surface area contributed by atoms with Crippen molar-refractivity contribution in [1.29, 1.82) is 0 Å². The molecule has 1 aliphatic heterocycles. The first-order valence-electron chi connectivity index (χ1n) is 5.41. The highest BCUT2D eigenvalue weighted by molar-refractivity contribution is 9.10. The molecule has 1 aliphatic rings. The molecule has 1 aromatic carbocycles. The summed E-state index contributed by atoms with van der Waals surface area (Å²) < 4.78 is 11.2. The minimum absolute atomic E-state index is 0.0636. The topological polar surface area (TPSA) is 35.5 Å². The van der Waals surface area contributed by atoms with Crippen LogP contribution in [-0.2, 0) is 9.53 Å². The molecule has 0 aromatic heterocycles. The standard InChI is InChI=1S/C12H12BrClO3/c13-10-7-9(14)1-2-11(10)17-12(15)8-3-5-16-6-4-8/h1-2,7-8H,3-6H2. The van der Waals surface area contributed by atoms with Gasteiger partial charge in [-0.1, -0.05) is 11.6 Å². The normalized spacial score (nSPS) is 16.8. The van der Waals surface area contributed by atoms with E-state index in [1.807, 2.05) is 0 Å². The van der Waals surface area contributed by atoms with Gasteiger partial charge in [0.2, 0.25) is 0 Å². The first-order valence-corrected chi connectivity index (χ1v) is 6.58. The molecule has 2 rings (SSSR count). The largest absolute Gasteiger partial charge is 0.425 e. The number of ether oxygens (including phenoxy) is 2. The van der Waals surface area contributed by atoms with E-state index >= 15 is 0 Å². The van der Waals surface area contributed by atoms with Crippen LogP contribution in [0.3, 0.4) is 0 Å². The maximum Gasteiger partial charge on any atom is 0.314 e. The Morgan fingerprint density at radius 2 is 2.12 bits per heavy atom. The SMILES string of the molecule is O=C(Oc1ccc(Cl)cc1Br)C1CCOCC1. The van der Waals surface area contributed by atoms with Gasteiger partial charge in [-0.2, -0.15) is 0 Å². The quantitative estimate of drug-likeness (QED) is 0.619. The summed E-state index contributed by atoms with van der Waals surface area (Å²) in [6.07, 6.45) is 1.45. The van der Waals surface area contributed by atoms with Crippen LogP contribution < -0.4 is 4.74 Å². The van der Waals surface area contributed by atoms with Gasteiger partial charge in [0, 0.05) is 18.2 Å². The van der Waals surface area contributed by atoms with E-state index < -0.39 is 0 Å². The van der Waals surface area contributed by atoms with E-state index in [4.69, 9.17) is 21.1 Å². The molecule has 0 spiro atoms. The van der Waals surface area contributed by atoms with Crippen molar-refractivity contribution < 1.29 is 14.3 Å². The average Bonchev–Trinajstić information content (AvgIpc) is 2.34. The summed E-state index contributed by atoms with van der Waals surface area (Å²) in [4.78, 5) is 11.9. The van der Waals surface area contributed by atoms with Crippen LogP contribution in [0, 0.1) is 5.92 Å². The van der Waals surface area contributed by atoms with Gasteiger partial charge in [-0.25, -0.2) is 0 Å². The van der Waals surface area contributed by atoms with Gasteiger partial charge < -0.3 is 9.47 Å². The zero-order valence-electron chi connectivity index (χ0n) is 9.12. The van der Waals surface area contributed by atoms with Gasteiger partial charge in [0.05, 0.1) is 10.4 Å². The smallest absolute Gasteiger partial charge is 0.314 e. The van der Waals surface area contributed by atoms with Crippen LogP contribution in [0.5, 0.6) is 5.75 Å². The van der Waals surface area contributed by atoms with E-state index in [1.54, 1.807) is 18.2 Å². The third kappa shape index (κ3) is 3.44. The van der Waals surface area contributed by atoms with E-state index in [-0.39, 0.29) is 11.9 Å². The highest BCUT2D eigenvalue weighted by Gasteiger charge is 2.24. The predicted molar refractivity (Wildman–Crippen MR) is 68.3 cm³/mol. The molecular formula is C12H12BrClO3. The minimum Gasteiger partial charge on any atom is -0.425 e. The molecule has 5 heteroatoms. The molecule has 17 heavy (non-hydrogen) atoms. The molecule has 92 valence electrons. The molecule has 0 N–H and O–H groups in total. The van der Waals surface area contributed by atoms with E-state index in [2.05, 4.69) is 15.9 Å². The highest BCUT2D eigenvalue weighted by atomic mass is 79.9. The molecule has 0 unspecified atom stereocenters. The van der Waals surface area contributed by atoms with E-state index in [1.165, 1.54) is 0 Å². The molecule has 0 atom stereocenters. The van der Waals surface area contributed by atoms with Crippen LogP contribution in [0.4, 0.5) is 0 Å². The number of hydrogen-bond acceptors (Lipinski definition) is 3. The second-order valence-corrected chi connectivity index (χ2v) is 5.17. The zero-order valence-corrected chi connectivity index (χ0v) is 11.5. The molecule has 1 saturated heterocycles. The van der Waals surface area contributed by atoms with Crippen molar-refractivity contribution >= 4 is 33.5 Å². The summed E-state index contributed by atoms with van der Waals surface area (Å²) in [6.45, 7) is 1.25. The molecule has 1 aromatic rings. The van der Waals surface area contributed by atoms with E-state index in [0.29, 0.717) is 28.5 Å². The third-order valence-electron chi connectivity index (χ3n) is 2.66. The van der Waals surface area contributed by atoms with Gasteiger partial charge in [0.25, 0.3) is 0 Å². The lowest BCUT2D eigenvalue weighted by Crippen LogP contribution is -2.27. The summed E-state index contributed by atoms with van der Waals surface area (Å²) in [7, 11) is 0. The number of rotatable bonds is 2. The van der Waals surface area contributed by atoms with Gasteiger partial charge >= 0.3 is 5.97 Å². The van der Waals surface area contributed by atoms with Crippen molar-refractivity contribution in [3.63, 3.8) is 0 Å². The van der Waals surface area contributed by atoms with Gasteiger partial charge in [-0.05, 0) is 47.0 Å². The Kier molecular flexibility index (Phi) is 4.42. The molecular weight excluding hydrogens is 307 g/mol. The summed E-state index contributed by atoms with van der Waals surface area (Å²) in [5.74, 6) is 0.244. The summed E-state index contributed by atoms with van der Waals surface area (Å²) in [6, 6.07) is 5.08. The lowest BCUT2D eigenvalue weighted by molar-refractivity contribution is -0.142. The number of esters is 1. The minimum atomic E-state index is -0.198. The van der Waals surface area contributed by atoms with Gasteiger partial charge in [-0.15, -0.1) is 0 Å². The Bertz CT molecular complexity index is 416. The van der Waals surface area contributed by atoms with Crippen LogP contribution in [-0.4, -0.2) is 19.2 Å². The Balaban J connectivity index is 2.02. The maximum atomic E-state index is 11.9. The summed E-state index contributed by atoms with van der Waals surface area (Å²) in [5.41, 5.74) is 0. The molecule has 0 amide bonds. The average molecular weight is 320 g/mol. The molecule has 0 aliphatic carbocycles. The maximum absolute atomic E-state index is 11.9. The monoisotopic (exact) mass is 318 g/mol. The Hall–Kier alpha value is -0.580. The highest BCUT2D eigenvalue weighted by Crippen LogP contribution is 2.29. The molecule has 1 fully saturated rings. The van der Waals surface area contributed by atoms with Crippen LogP contribution in [0.15, 0.2) is 22.7 Å². The Morgan fingerprint density at radius 1 is 1.41 bits per heavy atom. The second kappa shape index (κ2) is 5.85. The number of benzene rings is 1. The van der Waals surface area contributed by atoms with Crippen molar-refractivity contribution in [2.45, 2.75) is 12.8 Å². The molecule has 0 bridgehead atoms. The van der Waals surface area contributed by atoms with Crippen molar-refractivity contribution in [3.8, 4) is 5.75 Å². The van der Waals surface area contributed by atoms with E-state index in [9.17, 15) is 4.79 Å². The van der Waals surface area contributed by atoms with E-state index in [0.717, 1.165) is 12.8 Å². The number of halogens is 2. The van der Waals surface area contributed by atoms with Crippen LogP contribution in [0.25, 0.3) is 0 Å². The van der Waals surface area contributed by atoms with Gasteiger partial charge in [0.15, 0.2) is 0 Å². The zero-order chi connectivity index (χ0) is 12.3. The molecule has 3 nitrogen and oxygen atoms in total. The summed E-state index contributed by atoms with van der Waals surface area (Å²) >= 11 is 9.13. The lowest BCUT2D eigenvalue weighted by atomic mass is 10.0. The van der Waals surface area contributed by atoms with Crippen LogP contribution >= 0.6 is 27.5 Å². The fraction of sp³-hybridized carbons (Fsp3) is 0.417. The Labute approximate surface area is 113 Å².